The van der Waals surface area contributed by atoms with E-state index in [0.29, 0.717) is 19.5 Å². The molecule has 0 spiro atoms. The van der Waals surface area contributed by atoms with Gasteiger partial charge in [0.2, 0.25) is 0 Å². The van der Waals surface area contributed by atoms with E-state index in [2.05, 4.69) is 15.3 Å². The van der Waals surface area contributed by atoms with Gasteiger partial charge in [-0.05, 0) is 32.3 Å². The maximum atomic E-state index is 12.5. The Labute approximate surface area is 137 Å². The number of aryl methyl sites for hydroxylation is 1. The number of fused-ring (bicyclic) bond motifs is 1. The van der Waals surface area contributed by atoms with Gasteiger partial charge in [-0.15, -0.1) is 0 Å². The highest BCUT2D eigenvalue weighted by Gasteiger charge is 2.28. The van der Waals surface area contributed by atoms with Crippen molar-refractivity contribution in [3.8, 4) is 0 Å². The van der Waals surface area contributed by atoms with E-state index in [9.17, 15) is 14.4 Å². The van der Waals surface area contributed by atoms with Gasteiger partial charge in [-0.1, -0.05) is 0 Å². The molecule has 0 unspecified atom stereocenters. The second-order valence-electron chi connectivity index (χ2n) is 5.90. The van der Waals surface area contributed by atoms with Crippen LogP contribution in [0.15, 0.2) is 15.7 Å². The third-order valence-electron chi connectivity index (χ3n) is 4.15. The van der Waals surface area contributed by atoms with Crippen molar-refractivity contribution in [3.05, 3.63) is 38.2 Å². The van der Waals surface area contributed by atoms with E-state index in [0.717, 1.165) is 18.5 Å². The minimum atomic E-state index is -0.609. The van der Waals surface area contributed by atoms with E-state index in [4.69, 9.17) is 5.11 Å². The van der Waals surface area contributed by atoms with Crippen LogP contribution in [-0.2, 0) is 6.54 Å². The van der Waals surface area contributed by atoms with Crippen molar-refractivity contribution < 1.29 is 9.90 Å². The summed E-state index contributed by atoms with van der Waals surface area (Å²) >= 11 is 0. The lowest BCUT2D eigenvalue weighted by Crippen LogP contribution is -2.33. The van der Waals surface area contributed by atoms with Crippen LogP contribution in [0.4, 0.5) is 0 Å². The number of aliphatic hydroxyl groups excluding tert-OH is 1. The zero-order valence-corrected chi connectivity index (χ0v) is 13.5. The number of aromatic amines is 1. The van der Waals surface area contributed by atoms with Crippen LogP contribution in [-0.4, -0.2) is 38.7 Å². The van der Waals surface area contributed by atoms with E-state index in [-0.39, 0.29) is 29.1 Å². The fraction of sp³-hybridized carbons (Fsp3) is 0.500. The van der Waals surface area contributed by atoms with Crippen molar-refractivity contribution in [2.75, 3.05) is 13.2 Å². The molecule has 0 aromatic carbocycles. The fourth-order valence-corrected chi connectivity index (χ4v) is 2.73. The monoisotopic (exact) mass is 332 g/mol. The SMILES string of the molecule is CCn1c(=O)[nH]c(=O)c2c(C(=O)NCCCO)cc(C3CC3)nc21. The van der Waals surface area contributed by atoms with E-state index in [1.807, 2.05) is 0 Å². The molecular weight excluding hydrogens is 312 g/mol. The predicted octanol–water partition coefficient (Wildman–Crippen LogP) is 0.0943. The molecule has 2 aromatic heterocycles. The smallest absolute Gasteiger partial charge is 0.329 e. The van der Waals surface area contributed by atoms with E-state index in [1.54, 1.807) is 13.0 Å². The van der Waals surface area contributed by atoms with Crippen LogP contribution < -0.4 is 16.6 Å². The quantitative estimate of drug-likeness (QED) is 0.648. The van der Waals surface area contributed by atoms with Crippen molar-refractivity contribution in [2.45, 2.75) is 38.6 Å². The normalized spacial score (nSPS) is 14.1. The Kier molecular flexibility index (Phi) is 4.48. The minimum Gasteiger partial charge on any atom is -0.396 e. The Morgan fingerprint density at radius 2 is 2.21 bits per heavy atom. The van der Waals surface area contributed by atoms with Crippen LogP contribution in [0.25, 0.3) is 11.0 Å². The van der Waals surface area contributed by atoms with Gasteiger partial charge in [0.1, 0.15) is 0 Å². The third-order valence-corrected chi connectivity index (χ3v) is 4.15. The second-order valence-corrected chi connectivity index (χ2v) is 5.90. The summed E-state index contributed by atoms with van der Waals surface area (Å²) in [4.78, 5) is 43.6. The number of carbonyl (C=O) groups excluding carboxylic acids is 1. The Bertz CT molecular complexity index is 895. The van der Waals surface area contributed by atoms with Gasteiger partial charge < -0.3 is 10.4 Å². The molecular formula is C16H20N4O4. The molecule has 1 amide bonds. The molecule has 128 valence electrons. The van der Waals surface area contributed by atoms with Gasteiger partial charge >= 0.3 is 5.69 Å². The highest BCUT2D eigenvalue weighted by atomic mass is 16.3. The van der Waals surface area contributed by atoms with Crippen molar-refractivity contribution in [1.29, 1.82) is 0 Å². The third kappa shape index (κ3) is 2.96. The lowest BCUT2D eigenvalue weighted by Gasteiger charge is -2.12. The van der Waals surface area contributed by atoms with Crippen LogP contribution >= 0.6 is 0 Å². The Morgan fingerprint density at radius 3 is 2.83 bits per heavy atom. The number of nitrogens with zero attached hydrogens (tertiary/aromatic N) is 2. The topological polar surface area (TPSA) is 117 Å². The number of hydrogen-bond donors (Lipinski definition) is 3. The summed E-state index contributed by atoms with van der Waals surface area (Å²) < 4.78 is 1.37. The highest BCUT2D eigenvalue weighted by Crippen LogP contribution is 2.39. The summed E-state index contributed by atoms with van der Waals surface area (Å²) in [7, 11) is 0. The first-order chi connectivity index (χ1) is 11.6. The second kappa shape index (κ2) is 6.56. The molecule has 2 heterocycles. The number of pyridine rings is 1. The molecule has 0 aliphatic heterocycles. The van der Waals surface area contributed by atoms with Crippen molar-refractivity contribution >= 4 is 16.9 Å². The summed E-state index contributed by atoms with van der Waals surface area (Å²) in [5, 5.41) is 11.7. The zero-order chi connectivity index (χ0) is 17.3. The maximum Gasteiger partial charge on any atom is 0.329 e. The molecule has 8 heteroatoms. The number of nitrogens with one attached hydrogen (secondary N) is 2. The summed E-state index contributed by atoms with van der Waals surface area (Å²) in [5.74, 6) is -0.123. The largest absolute Gasteiger partial charge is 0.396 e. The van der Waals surface area contributed by atoms with E-state index >= 15 is 0 Å². The summed E-state index contributed by atoms with van der Waals surface area (Å²) in [6.45, 7) is 2.41. The summed E-state index contributed by atoms with van der Waals surface area (Å²) in [6, 6.07) is 1.65. The number of aromatic nitrogens is 3. The van der Waals surface area contributed by atoms with Gasteiger partial charge in [-0.25, -0.2) is 9.78 Å². The van der Waals surface area contributed by atoms with E-state index in [1.165, 1.54) is 4.57 Å². The molecule has 24 heavy (non-hydrogen) atoms. The van der Waals surface area contributed by atoms with Crippen molar-refractivity contribution in [3.63, 3.8) is 0 Å². The summed E-state index contributed by atoms with van der Waals surface area (Å²) in [5.41, 5.74) is 0.0807. The molecule has 0 radical (unpaired) electrons. The lowest BCUT2D eigenvalue weighted by molar-refractivity contribution is 0.0952. The first-order valence-electron chi connectivity index (χ1n) is 8.13. The van der Waals surface area contributed by atoms with Gasteiger partial charge in [0.15, 0.2) is 5.65 Å². The summed E-state index contributed by atoms with van der Waals surface area (Å²) in [6.07, 6.45) is 2.41. The molecule has 1 aliphatic rings. The number of hydrogen-bond acceptors (Lipinski definition) is 5. The molecule has 0 atom stereocenters. The molecule has 1 aliphatic carbocycles. The van der Waals surface area contributed by atoms with Crippen LogP contribution in [0.3, 0.4) is 0 Å². The van der Waals surface area contributed by atoms with Crippen LogP contribution in [0.1, 0.15) is 48.2 Å². The number of rotatable bonds is 6. The van der Waals surface area contributed by atoms with Gasteiger partial charge in [-0.3, -0.25) is 19.1 Å². The first kappa shape index (κ1) is 16.4. The molecule has 1 fully saturated rings. The minimum absolute atomic E-state index is 0.0271. The van der Waals surface area contributed by atoms with Crippen LogP contribution in [0, 0.1) is 0 Å². The molecule has 1 saturated carbocycles. The lowest BCUT2D eigenvalue weighted by atomic mass is 10.1. The van der Waals surface area contributed by atoms with Crippen molar-refractivity contribution in [1.82, 2.24) is 19.9 Å². The molecule has 0 bridgehead atoms. The Balaban J connectivity index is 2.20. The standard InChI is InChI=1S/C16H20N4O4/c1-2-20-13-12(15(23)19-16(20)24)10(14(22)17-6-3-7-21)8-11(18-13)9-4-5-9/h8-9,21H,2-7H2,1H3,(H,17,22)(H,19,23,24). The first-order valence-corrected chi connectivity index (χ1v) is 8.13. The number of amides is 1. The molecule has 3 N–H and O–H groups in total. The molecule has 0 saturated heterocycles. The van der Waals surface area contributed by atoms with E-state index < -0.39 is 17.2 Å². The van der Waals surface area contributed by atoms with Crippen LogP contribution in [0.5, 0.6) is 0 Å². The van der Waals surface area contributed by atoms with Crippen LogP contribution in [0.2, 0.25) is 0 Å². The average Bonchev–Trinajstić information content (AvgIpc) is 3.39. The number of carbonyl (C=O) groups is 1. The average molecular weight is 332 g/mol. The molecule has 8 nitrogen and oxygen atoms in total. The molecule has 2 aromatic rings. The van der Waals surface area contributed by atoms with Gasteiger partial charge in [0.25, 0.3) is 11.5 Å². The predicted molar refractivity (Wildman–Crippen MR) is 88.3 cm³/mol. The maximum absolute atomic E-state index is 12.5. The Hall–Kier alpha value is -2.48. The van der Waals surface area contributed by atoms with Gasteiger partial charge in [0.05, 0.1) is 10.9 Å². The van der Waals surface area contributed by atoms with Gasteiger partial charge in [-0.2, -0.15) is 0 Å². The zero-order valence-electron chi connectivity index (χ0n) is 13.5. The Morgan fingerprint density at radius 1 is 1.46 bits per heavy atom. The number of H-pyrrole nitrogens is 1. The van der Waals surface area contributed by atoms with Crippen molar-refractivity contribution in [2.24, 2.45) is 0 Å². The number of aliphatic hydroxyl groups is 1. The highest BCUT2D eigenvalue weighted by molar-refractivity contribution is 6.05. The fourth-order valence-electron chi connectivity index (χ4n) is 2.73. The van der Waals surface area contributed by atoms with Gasteiger partial charge in [0, 0.05) is 31.3 Å². The molecule has 3 rings (SSSR count).